The molecule has 4 N–H and O–H groups in total. The number of benzene rings is 1. The number of nitrogens with two attached hydrogens (primary N) is 2. The van der Waals surface area contributed by atoms with Crippen LogP contribution in [0.15, 0.2) is 36.5 Å². The Hall–Kier alpha value is -3.07. The Balaban J connectivity index is 2.22. The fourth-order valence-electron chi connectivity index (χ4n) is 1.41. The van der Waals surface area contributed by atoms with Crippen LogP contribution in [0.5, 0.6) is 11.6 Å². The van der Waals surface area contributed by atoms with Gasteiger partial charge in [0.25, 0.3) is 0 Å². The number of nitrogens with zero attached hydrogens (tertiary/aromatic N) is 2. The van der Waals surface area contributed by atoms with Crippen LogP contribution in [0.4, 0.5) is 5.69 Å². The maximum Gasteiger partial charge on any atom is 0.248 e. The van der Waals surface area contributed by atoms with Gasteiger partial charge in [0.1, 0.15) is 11.8 Å². The Labute approximate surface area is 109 Å². The Kier molecular flexibility index (Phi) is 3.30. The van der Waals surface area contributed by atoms with Crippen LogP contribution in [0.2, 0.25) is 0 Å². The molecule has 0 unspecified atom stereocenters. The first-order chi connectivity index (χ1) is 9.10. The van der Waals surface area contributed by atoms with Gasteiger partial charge in [0.2, 0.25) is 11.8 Å². The van der Waals surface area contributed by atoms with Crippen molar-refractivity contribution in [3.8, 4) is 17.7 Å². The topological polar surface area (TPSA) is 115 Å². The van der Waals surface area contributed by atoms with Gasteiger partial charge in [-0.2, -0.15) is 5.26 Å². The average molecular weight is 254 g/mol. The van der Waals surface area contributed by atoms with Gasteiger partial charge in [0, 0.05) is 11.8 Å². The zero-order valence-electron chi connectivity index (χ0n) is 9.83. The molecular formula is C13H10N4O2. The number of carbonyl (C=O) groups is 1. The molecule has 0 fully saturated rings. The maximum atomic E-state index is 10.9. The summed E-state index contributed by atoms with van der Waals surface area (Å²) in [6.45, 7) is 0. The molecule has 0 aliphatic rings. The fourth-order valence-corrected chi connectivity index (χ4v) is 1.41. The number of anilines is 1. The SMILES string of the molecule is N#Cc1cnc(Oc2ccc(C(N)=O)cc2)c(N)c1. The van der Waals surface area contributed by atoms with Gasteiger partial charge in [-0.15, -0.1) is 0 Å². The third kappa shape index (κ3) is 2.79. The lowest BCUT2D eigenvalue weighted by Gasteiger charge is -2.07. The molecule has 1 aromatic carbocycles. The Bertz CT molecular complexity index is 659. The summed E-state index contributed by atoms with van der Waals surface area (Å²) < 4.78 is 5.45. The minimum Gasteiger partial charge on any atom is -0.437 e. The molecule has 1 aromatic heterocycles. The van der Waals surface area contributed by atoms with Crippen LogP contribution >= 0.6 is 0 Å². The number of carbonyl (C=O) groups excluding carboxylic acids is 1. The average Bonchev–Trinajstić information content (AvgIpc) is 2.41. The smallest absolute Gasteiger partial charge is 0.248 e. The zero-order valence-corrected chi connectivity index (χ0v) is 9.83. The first kappa shape index (κ1) is 12.4. The lowest BCUT2D eigenvalue weighted by atomic mass is 10.2. The second-order valence-electron chi connectivity index (χ2n) is 3.72. The van der Waals surface area contributed by atoms with Crippen LogP contribution in [-0.4, -0.2) is 10.9 Å². The van der Waals surface area contributed by atoms with E-state index >= 15 is 0 Å². The Morgan fingerprint density at radius 3 is 2.53 bits per heavy atom. The minimum atomic E-state index is -0.512. The summed E-state index contributed by atoms with van der Waals surface area (Å²) >= 11 is 0. The molecule has 94 valence electrons. The van der Waals surface area contributed by atoms with Crippen molar-refractivity contribution in [3.63, 3.8) is 0 Å². The highest BCUT2D eigenvalue weighted by molar-refractivity contribution is 5.92. The highest BCUT2D eigenvalue weighted by atomic mass is 16.5. The fraction of sp³-hybridized carbons (Fsp3) is 0. The van der Waals surface area contributed by atoms with Gasteiger partial charge < -0.3 is 16.2 Å². The van der Waals surface area contributed by atoms with E-state index in [0.29, 0.717) is 16.9 Å². The first-order valence-corrected chi connectivity index (χ1v) is 5.33. The van der Waals surface area contributed by atoms with Crippen LogP contribution in [-0.2, 0) is 0 Å². The minimum absolute atomic E-state index is 0.200. The molecule has 2 aromatic rings. The summed E-state index contributed by atoms with van der Waals surface area (Å²) in [6, 6.07) is 9.65. The molecule has 0 radical (unpaired) electrons. The van der Waals surface area contributed by atoms with Gasteiger partial charge in [0.15, 0.2) is 0 Å². The molecule has 6 nitrogen and oxygen atoms in total. The third-order valence-electron chi connectivity index (χ3n) is 2.36. The summed E-state index contributed by atoms with van der Waals surface area (Å²) in [5.74, 6) is 0.155. The molecule has 0 aliphatic heterocycles. The van der Waals surface area contributed by atoms with Gasteiger partial charge >= 0.3 is 0 Å². The predicted molar refractivity (Wildman–Crippen MR) is 68.4 cm³/mol. The lowest BCUT2D eigenvalue weighted by Crippen LogP contribution is -2.10. The molecule has 0 spiro atoms. The largest absolute Gasteiger partial charge is 0.437 e. The molecule has 19 heavy (non-hydrogen) atoms. The van der Waals surface area contributed by atoms with Crippen molar-refractivity contribution in [2.75, 3.05) is 5.73 Å². The molecule has 1 amide bonds. The molecule has 0 saturated carbocycles. The number of pyridine rings is 1. The number of nitrogen functional groups attached to an aromatic ring is 1. The zero-order chi connectivity index (χ0) is 13.8. The quantitative estimate of drug-likeness (QED) is 0.859. The number of rotatable bonds is 3. The van der Waals surface area contributed by atoms with Crippen LogP contribution in [0, 0.1) is 11.3 Å². The molecule has 0 aliphatic carbocycles. The molecular weight excluding hydrogens is 244 g/mol. The molecule has 6 heteroatoms. The molecule has 2 rings (SSSR count). The monoisotopic (exact) mass is 254 g/mol. The van der Waals surface area contributed by atoms with E-state index in [9.17, 15) is 4.79 Å². The maximum absolute atomic E-state index is 10.9. The summed E-state index contributed by atoms with van der Waals surface area (Å²) in [4.78, 5) is 14.9. The Morgan fingerprint density at radius 1 is 1.32 bits per heavy atom. The summed E-state index contributed by atoms with van der Waals surface area (Å²) in [5, 5.41) is 8.70. The molecule has 0 bridgehead atoms. The van der Waals surface area contributed by atoms with Gasteiger partial charge in [0.05, 0.1) is 11.3 Å². The lowest BCUT2D eigenvalue weighted by molar-refractivity contribution is 0.100. The highest BCUT2D eigenvalue weighted by Gasteiger charge is 2.06. The van der Waals surface area contributed by atoms with E-state index in [1.807, 2.05) is 6.07 Å². The second-order valence-corrected chi connectivity index (χ2v) is 3.72. The van der Waals surface area contributed by atoms with Gasteiger partial charge in [-0.05, 0) is 30.3 Å². The number of hydrogen-bond donors (Lipinski definition) is 2. The van der Waals surface area contributed by atoms with Crippen molar-refractivity contribution in [2.45, 2.75) is 0 Å². The summed E-state index contributed by atoms with van der Waals surface area (Å²) in [6.07, 6.45) is 1.36. The van der Waals surface area contributed by atoms with Gasteiger partial charge in [-0.3, -0.25) is 4.79 Å². The summed E-state index contributed by atoms with van der Waals surface area (Å²) in [5.41, 5.74) is 11.8. The summed E-state index contributed by atoms with van der Waals surface area (Å²) in [7, 11) is 0. The number of hydrogen-bond acceptors (Lipinski definition) is 5. The number of nitriles is 1. The van der Waals surface area contributed by atoms with E-state index in [4.69, 9.17) is 21.5 Å². The number of ether oxygens (including phenoxy) is 1. The third-order valence-corrected chi connectivity index (χ3v) is 2.36. The normalized spacial score (nSPS) is 9.63. The molecule has 0 saturated heterocycles. The van der Waals surface area contributed by atoms with Crippen molar-refractivity contribution in [3.05, 3.63) is 47.7 Å². The van der Waals surface area contributed by atoms with Crippen LogP contribution in [0.1, 0.15) is 15.9 Å². The van der Waals surface area contributed by atoms with Crippen molar-refractivity contribution in [1.82, 2.24) is 4.98 Å². The van der Waals surface area contributed by atoms with E-state index in [2.05, 4.69) is 4.98 Å². The molecule has 1 heterocycles. The number of primary amides is 1. The van der Waals surface area contributed by atoms with E-state index < -0.39 is 5.91 Å². The van der Waals surface area contributed by atoms with Crippen molar-refractivity contribution < 1.29 is 9.53 Å². The van der Waals surface area contributed by atoms with E-state index in [1.165, 1.54) is 24.4 Å². The number of amides is 1. The van der Waals surface area contributed by atoms with Crippen LogP contribution in [0.25, 0.3) is 0 Å². The van der Waals surface area contributed by atoms with E-state index in [1.54, 1.807) is 12.1 Å². The van der Waals surface area contributed by atoms with Gasteiger partial charge in [-0.1, -0.05) is 0 Å². The predicted octanol–water partition coefficient (Wildman–Crippen LogP) is 1.43. The van der Waals surface area contributed by atoms with Gasteiger partial charge in [-0.25, -0.2) is 4.98 Å². The first-order valence-electron chi connectivity index (χ1n) is 5.33. The highest BCUT2D eigenvalue weighted by Crippen LogP contribution is 2.25. The Morgan fingerprint density at radius 2 is 2.00 bits per heavy atom. The van der Waals surface area contributed by atoms with Crippen molar-refractivity contribution >= 4 is 11.6 Å². The van der Waals surface area contributed by atoms with Crippen molar-refractivity contribution in [1.29, 1.82) is 5.26 Å². The second kappa shape index (κ2) is 5.06. The number of aromatic nitrogens is 1. The van der Waals surface area contributed by atoms with E-state index in [0.717, 1.165) is 0 Å². The standard InChI is InChI=1S/C13H10N4O2/c14-6-8-5-11(15)13(17-7-8)19-10-3-1-9(2-4-10)12(16)18/h1-5,7H,15H2,(H2,16,18). The van der Waals surface area contributed by atoms with Crippen molar-refractivity contribution in [2.24, 2.45) is 5.73 Å². The molecule has 0 atom stereocenters. The van der Waals surface area contributed by atoms with Crippen LogP contribution in [0.3, 0.4) is 0 Å². The van der Waals surface area contributed by atoms with Crippen LogP contribution < -0.4 is 16.2 Å². The van der Waals surface area contributed by atoms with E-state index in [-0.39, 0.29) is 11.6 Å².